The van der Waals surface area contributed by atoms with E-state index in [4.69, 9.17) is 0 Å². The molecular formula is C14H20N2O3. The van der Waals surface area contributed by atoms with Crippen molar-refractivity contribution in [3.05, 3.63) is 29.8 Å². The van der Waals surface area contributed by atoms with Gasteiger partial charge in [0.15, 0.2) is 0 Å². The standard InChI is InChI=1S/C14H20N2O3/c1-14(2,3)12(18)8-15-13(19)10-4-6-11(7-5-10)16-9-17/h4-7,9,12,18H,8H2,1-3H3,(H,15,19)(H,16,17). The average molecular weight is 264 g/mol. The number of amides is 2. The minimum absolute atomic E-state index is 0.205. The Bertz CT molecular complexity index is 435. The Morgan fingerprint density at radius 1 is 1.32 bits per heavy atom. The number of anilines is 1. The summed E-state index contributed by atoms with van der Waals surface area (Å²) in [5.74, 6) is -0.249. The Morgan fingerprint density at radius 3 is 2.37 bits per heavy atom. The highest BCUT2D eigenvalue weighted by Gasteiger charge is 2.22. The topological polar surface area (TPSA) is 78.4 Å². The largest absolute Gasteiger partial charge is 0.391 e. The lowest BCUT2D eigenvalue weighted by atomic mass is 9.89. The summed E-state index contributed by atoms with van der Waals surface area (Å²) in [6.07, 6.45) is -0.0261. The molecule has 0 aliphatic carbocycles. The van der Waals surface area contributed by atoms with Crippen molar-refractivity contribution in [3.63, 3.8) is 0 Å². The Hall–Kier alpha value is -1.88. The van der Waals surface area contributed by atoms with Crippen LogP contribution in [0.15, 0.2) is 24.3 Å². The Balaban J connectivity index is 2.56. The van der Waals surface area contributed by atoms with Crippen molar-refractivity contribution >= 4 is 18.0 Å². The second-order valence-corrected chi connectivity index (χ2v) is 5.43. The van der Waals surface area contributed by atoms with Crippen LogP contribution >= 0.6 is 0 Å². The summed E-state index contributed by atoms with van der Waals surface area (Å²) in [6.45, 7) is 5.92. The molecule has 0 aliphatic heterocycles. The Labute approximate surface area is 113 Å². The average Bonchev–Trinajstić information content (AvgIpc) is 2.35. The van der Waals surface area contributed by atoms with Crippen molar-refractivity contribution in [3.8, 4) is 0 Å². The summed E-state index contributed by atoms with van der Waals surface area (Å²) >= 11 is 0. The molecule has 0 spiro atoms. The molecule has 1 unspecified atom stereocenters. The van der Waals surface area contributed by atoms with Crippen LogP contribution in [0.3, 0.4) is 0 Å². The van der Waals surface area contributed by atoms with Crippen molar-refractivity contribution in [2.75, 3.05) is 11.9 Å². The highest BCUT2D eigenvalue weighted by atomic mass is 16.3. The SMILES string of the molecule is CC(C)(C)C(O)CNC(=O)c1ccc(NC=O)cc1. The number of benzene rings is 1. The number of nitrogens with one attached hydrogen (secondary N) is 2. The van der Waals surface area contributed by atoms with Crippen LogP contribution in [0.25, 0.3) is 0 Å². The molecule has 1 atom stereocenters. The quantitative estimate of drug-likeness (QED) is 0.703. The van der Waals surface area contributed by atoms with Gasteiger partial charge in [-0.05, 0) is 29.7 Å². The predicted octanol–water partition coefficient (Wildman–Crippen LogP) is 1.39. The van der Waals surface area contributed by atoms with Crippen LogP contribution in [0.4, 0.5) is 5.69 Å². The first-order chi connectivity index (χ1) is 8.84. The van der Waals surface area contributed by atoms with Crippen LogP contribution < -0.4 is 10.6 Å². The van der Waals surface area contributed by atoms with E-state index in [2.05, 4.69) is 10.6 Å². The normalized spacial score (nSPS) is 12.6. The summed E-state index contributed by atoms with van der Waals surface area (Å²) < 4.78 is 0. The fraction of sp³-hybridized carbons (Fsp3) is 0.429. The van der Waals surface area contributed by atoms with Crippen LogP contribution in [-0.4, -0.2) is 30.1 Å². The fourth-order valence-electron chi connectivity index (χ4n) is 1.38. The van der Waals surface area contributed by atoms with Gasteiger partial charge in [0, 0.05) is 17.8 Å². The van der Waals surface area contributed by atoms with Crippen LogP contribution in [-0.2, 0) is 4.79 Å². The maximum atomic E-state index is 11.8. The molecule has 1 aromatic rings. The van der Waals surface area contributed by atoms with Gasteiger partial charge >= 0.3 is 0 Å². The minimum atomic E-state index is -0.604. The molecule has 19 heavy (non-hydrogen) atoms. The molecule has 5 heteroatoms. The zero-order valence-electron chi connectivity index (χ0n) is 11.4. The Morgan fingerprint density at radius 2 is 1.89 bits per heavy atom. The van der Waals surface area contributed by atoms with E-state index < -0.39 is 6.10 Å². The van der Waals surface area contributed by atoms with E-state index in [-0.39, 0.29) is 17.9 Å². The second kappa shape index (κ2) is 6.33. The summed E-state index contributed by atoms with van der Waals surface area (Å²) in [4.78, 5) is 22.1. The van der Waals surface area contributed by atoms with E-state index in [1.807, 2.05) is 20.8 Å². The number of hydrogen-bond donors (Lipinski definition) is 3. The van der Waals surface area contributed by atoms with Gasteiger partial charge in [0.25, 0.3) is 5.91 Å². The van der Waals surface area contributed by atoms with Crippen LogP contribution in [0, 0.1) is 5.41 Å². The lowest BCUT2D eigenvalue weighted by Crippen LogP contribution is -2.39. The lowest BCUT2D eigenvalue weighted by Gasteiger charge is -2.25. The smallest absolute Gasteiger partial charge is 0.251 e. The van der Waals surface area contributed by atoms with Crippen molar-refractivity contribution < 1.29 is 14.7 Å². The zero-order valence-corrected chi connectivity index (χ0v) is 11.4. The number of rotatable bonds is 5. The number of aliphatic hydroxyl groups excluding tert-OH is 1. The maximum absolute atomic E-state index is 11.8. The molecule has 5 nitrogen and oxygen atoms in total. The first kappa shape index (κ1) is 15.2. The minimum Gasteiger partial charge on any atom is -0.391 e. The summed E-state index contributed by atoms with van der Waals surface area (Å²) in [5, 5.41) is 15.0. The molecule has 2 amide bonds. The molecule has 0 heterocycles. The zero-order chi connectivity index (χ0) is 14.5. The molecular weight excluding hydrogens is 244 g/mol. The molecule has 0 aromatic heterocycles. The van der Waals surface area contributed by atoms with Gasteiger partial charge in [-0.15, -0.1) is 0 Å². The predicted molar refractivity (Wildman–Crippen MR) is 73.9 cm³/mol. The van der Waals surface area contributed by atoms with Crippen LogP contribution in [0.5, 0.6) is 0 Å². The van der Waals surface area contributed by atoms with Crippen LogP contribution in [0.1, 0.15) is 31.1 Å². The van der Waals surface area contributed by atoms with E-state index in [1.165, 1.54) is 0 Å². The highest BCUT2D eigenvalue weighted by Crippen LogP contribution is 2.18. The molecule has 1 rings (SSSR count). The maximum Gasteiger partial charge on any atom is 0.251 e. The molecule has 0 radical (unpaired) electrons. The van der Waals surface area contributed by atoms with E-state index in [0.717, 1.165) is 0 Å². The van der Waals surface area contributed by atoms with Gasteiger partial charge in [-0.25, -0.2) is 0 Å². The fourth-order valence-corrected chi connectivity index (χ4v) is 1.38. The van der Waals surface area contributed by atoms with Crippen molar-refractivity contribution in [1.29, 1.82) is 0 Å². The first-order valence-electron chi connectivity index (χ1n) is 6.11. The van der Waals surface area contributed by atoms with Crippen molar-refractivity contribution in [2.24, 2.45) is 5.41 Å². The molecule has 0 aliphatic rings. The number of aliphatic hydroxyl groups is 1. The van der Waals surface area contributed by atoms with Crippen LogP contribution in [0.2, 0.25) is 0 Å². The monoisotopic (exact) mass is 264 g/mol. The number of carbonyl (C=O) groups is 2. The highest BCUT2D eigenvalue weighted by molar-refractivity contribution is 5.94. The third kappa shape index (κ3) is 4.71. The molecule has 104 valence electrons. The number of carbonyl (C=O) groups excluding carboxylic acids is 2. The molecule has 0 bridgehead atoms. The molecule has 0 saturated carbocycles. The van der Waals surface area contributed by atoms with Gasteiger partial charge in [0.1, 0.15) is 0 Å². The van der Waals surface area contributed by atoms with Gasteiger partial charge in [0.2, 0.25) is 6.41 Å². The van der Waals surface area contributed by atoms with Gasteiger partial charge in [-0.2, -0.15) is 0 Å². The summed E-state index contributed by atoms with van der Waals surface area (Å²) in [5.41, 5.74) is 0.837. The molecule has 3 N–H and O–H groups in total. The lowest BCUT2D eigenvalue weighted by molar-refractivity contribution is -0.105. The van der Waals surface area contributed by atoms with Gasteiger partial charge in [-0.3, -0.25) is 9.59 Å². The van der Waals surface area contributed by atoms with E-state index in [9.17, 15) is 14.7 Å². The molecule has 0 saturated heterocycles. The van der Waals surface area contributed by atoms with E-state index in [1.54, 1.807) is 24.3 Å². The first-order valence-corrected chi connectivity index (χ1v) is 6.11. The Kier molecular flexibility index (Phi) is 5.06. The van der Waals surface area contributed by atoms with Crippen molar-refractivity contribution in [2.45, 2.75) is 26.9 Å². The molecule has 0 fully saturated rings. The molecule has 1 aromatic carbocycles. The number of hydrogen-bond acceptors (Lipinski definition) is 3. The van der Waals surface area contributed by atoms with E-state index >= 15 is 0 Å². The third-order valence-corrected chi connectivity index (χ3v) is 2.83. The second-order valence-electron chi connectivity index (χ2n) is 5.43. The van der Waals surface area contributed by atoms with Gasteiger partial charge < -0.3 is 15.7 Å². The van der Waals surface area contributed by atoms with Gasteiger partial charge in [-0.1, -0.05) is 20.8 Å². The van der Waals surface area contributed by atoms with Crippen molar-refractivity contribution in [1.82, 2.24) is 5.32 Å². The summed E-state index contributed by atoms with van der Waals surface area (Å²) in [7, 11) is 0. The summed E-state index contributed by atoms with van der Waals surface area (Å²) in [6, 6.07) is 6.52. The van der Waals surface area contributed by atoms with E-state index in [0.29, 0.717) is 17.7 Å². The third-order valence-electron chi connectivity index (χ3n) is 2.83. The van der Waals surface area contributed by atoms with Gasteiger partial charge in [0.05, 0.1) is 6.10 Å².